The van der Waals surface area contributed by atoms with Crippen LogP contribution in [0.1, 0.15) is 42.7 Å². The van der Waals surface area contributed by atoms with E-state index in [9.17, 15) is 14.9 Å². The number of carbonyl (C=O) groups is 1. The van der Waals surface area contributed by atoms with Gasteiger partial charge in [-0.2, -0.15) is 5.26 Å². The second-order valence-corrected chi connectivity index (χ2v) is 12.4. The van der Waals surface area contributed by atoms with Gasteiger partial charge in [0.1, 0.15) is 0 Å². The molecule has 4 aromatic rings. The standard InChI is InChI=1S/C33H33Cl2N7O3S/c1-22(2)14-27(38-31(43)15-29-17-37-21-41(29)18-24-8-6-23(16-36)7-9-24)20-40(19-25-4-3-5-30(34)32(25)35)33(46)39-26-10-12-28(13-11-26)42(44)45/h3-13,17,21-22,27H,14-15,18-20H2,1-2H3,(H,38,43)(H,39,46)/t27-/m0/s1. The van der Waals surface area contributed by atoms with E-state index < -0.39 is 4.92 Å². The van der Waals surface area contributed by atoms with Crippen LogP contribution in [0.4, 0.5) is 11.4 Å². The zero-order chi connectivity index (χ0) is 33.2. The Morgan fingerprint density at radius 3 is 2.50 bits per heavy atom. The van der Waals surface area contributed by atoms with Gasteiger partial charge in [0.05, 0.1) is 39.3 Å². The van der Waals surface area contributed by atoms with Gasteiger partial charge >= 0.3 is 0 Å². The Morgan fingerprint density at radius 2 is 1.85 bits per heavy atom. The number of rotatable bonds is 13. The van der Waals surface area contributed by atoms with Crippen molar-refractivity contribution < 1.29 is 9.72 Å². The van der Waals surface area contributed by atoms with Crippen molar-refractivity contribution in [2.45, 2.75) is 45.8 Å². The first-order valence-electron chi connectivity index (χ1n) is 14.5. The smallest absolute Gasteiger partial charge is 0.269 e. The van der Waals surface area contributed by atoms with Gasteiger partial charge in [-0.25, -0.2) is 4.98 Å². The minimum atomic E-state index is -0.464. The number of hydrogen-bond donors (Lipinski definition) is 2. The number of amides is 1. The summed E-state index contributed by atoms with van der Waals surface area (Å²) in [5, 5.41) is 27.7. The maximum absolute atomic E-state index is 13.4. The number of halogens is 2. The second kappa shape index (κ2) is 16.2. The molecule has 1 atom stereocenters. The summed E-state index contributed by atoms with van der Waals surface area (Å²) in [6, 6.07) is 20.5. The quantitative estimate of drug-likeness (QED) is 0.0880. The highest BCUT2D eigenvalue weighted by Crippen LogP contribution is 2.27. The lowest BCUT2D eigenvalue weighted by atomic mass is 10.0. The number of nitro groups is 1. The first kappa shape index (κ1) is 34.4. The van der Waals surface area contributed by atoms with Crippen LogP contribution in [0.25, 0.3) is 0 Å². The van der Waals surface area contributed by atoms with Crippen LogP contribution in [-0.2, 0) is 24.3 Å². The Balaban J connectivity index is 1.51. The number of benzene rings is 3. The third kappa shape index (κ3) is 9.75. The number of thiocarbonyl (C=S) groups is 1. The van der Waals surface area contributed by atoms with Gasteiger partial charge in [-0.1, -0.05) is 61.3 Å². The molecule has 0 bridgehead atoms. The summed E-state index contributed by atoms with van der Waals surface area (Å²) in [5.41, 5.74) is 3.63. The predicted molar refractivity (Wildman–Crippen MR) is 184 cm³/mol. The number of non-ortho nitro benzene ring substituents is 1. The Hall–Kier alpha value is -4.50. The molecule has 0 saturated carbocycles. The number of aromatic nitrogens is 2. The summed E-state index contributed by atoms with van der Waals surface area (Å²) in [5.74, 6) is 0.0993. The number of nitrogens with zero attached hydrogens (tertiary/aromatic N) is 5. The van der Waals surface area contributed by atoms with Crippen LogP contribution >= 0.6 is 35.4 Å². The molecule has 0 aliphatic carbocycles. The Kier molecular flexibility index (Phi) is 12.1. The van der Waals surface area contributed by atoms with E-state index in [1.54, 1.807) is 42.9 Å². The number of imidazole rings is 1. The van der Waals surface area contributed by atoms with E-state index in [0.717, 1.165) is 16.8 Å². The highest BCUT2D eigenvalue weighted by Gasteiger charge is 2.22. The molecule has 0 aliphatic heterocycles. The first-order chi connectivity index (χ1) is 22.0. The molecule has 10 nitrogen and oxygen atoms in total. The lowest BCUT2D eigenvalue weighted by molar-refractivity contribution is -0.384. The zero-order valence-electron chi connectivity index (χ0n) is 25.3. The molecule has 0 fully saturated rings. The molecule has 2 N–H and O–H groups in total. The second-order valence-electron chi connectivity index (χ2n) is 11.2. The van der Waals surface area contributed by atoms with Gasteiger partial charge in [0.2, 0.25) is 5.91 Å². The normalized spacial score (nSPS) is 11.5. The summed E-state index contributed by atoms with van der Waals surface area (Å²) in [6.45, 7) is 5.34. The molecular weight excluding hydrogens is 645 g/mol. The third-order valence-electron chi connectivity index (χ3n) is 7.15. The molecule has 238 valence electrons. The number of nitrogens with one attached hydrogen (secondary N) is 2. The number of nitriles is 1. The van der Waals surface area contributed by atoms with Crippen molar-refractivity contribution >= 4 is 57.8 Å². The Bertz CT molecular complexity index is 1720. The fourth-order valence-corrected chi connectivity index (χ4v) is 5.58. The van der Waals surface area contributed by atoms with Crippen molar-refractivity contribution in [2.24, 2.45) is 5.92 Å². The summed E-state index contributed by atoms with van der Waals surface area (Å²) in [4.78, 5) is 30.2. The highest BCUT2D eigenvalue weighted by molar-refractivity contribution is 7.80. The summed E-state index contributed by atoms with van der Waals surface area (Å²) in [6.07, 6.45) is 4.16. The predicted octanol–water partition coefficient (Wildman–Crippen LogP) is 6.99. The molecule has 0 spiro atoms. The van der Waals surface area contributed by atoms with Gasteiger partial charge in [-0.3, -0.25) is 14.9 Å². The summed E-state index contributed by atoms with van der Waals surface area (Å²) >= 11 is 18.7. The van der Waals surface area contributed by atoms with E-state index in [-0.39, 0.29) is 30.0 Å². The monoisotopic (exact) mass is 677 g/mol. The van der Waals surface area contributed by atoms with Crippen LogP contribution in [0.2, 0.25) is 10.0 Å². The summed E-state index contributed by atoms with van der Waals surface area (Å²) in [7, 11) is 0. The molecule has 0 aliphatic rings. The molecule has 46 heavy (non-hydrogen) atoms. The largest absolute Gasteiger partial charge is 0.351 e. The minimum absolute atomic E-state index is 0.0306. The average Bonchev–Trinajstić information content (AvgIpc) is 3.45. The number of hydrogen-bond acceptors (Lipinski definition) is 6. The minimum Gasteiger partial charge on any atom is -0.351 e. The van der Waals surface area contributed by atoms with E-state index in [2.05, 4.69) is 35.5 Å². The van der Waals surface area contributed by atoms with Crippen LogP contribution in [0.5, 0.6) is 0 Å². The highest BCUT2D eigenvalue weighted by atomic mass is 35.5. The average molecular weight is 679 g/mol. The lowest BCUT2D eigenvalue weighted by Gasteiger charge is -2.32. The zero-order valence-corrected chi connectivity index (χ0v) is 27.6. The van der Waals surface area contributed by atoms with Gasteiger partial charge in [0.25, 0.3) is 5.69 Å². The first-order valence-corrected chi connectivity index (χ1v) is 15.7. The molecule has 1 amide bonds. The van der Waals surface area contributed by atoms with Gasteiger partial charge in [0.15, 0.2) is 5.11 Å². The molecule has 4 rings (SSSR count). The van der Waals surface area contributed by atoms with E-state index in [1.165, 1.54) is 12.1 Å². The van der Waals surface area contributed by atoms with E-state index in [4.69, 9.17) is 40.7 Å². The van der Waals surface area contributed by atoms with Crippen LogP contribution in [-0.4, -0.2) is 43.0 Å². The fraction of sp³-hybridized carbons (Fsp3) is 0.273. The lowest BCUT2D eigenvalue weighted by Crippen LogP contribution is -2.47. The van der Waals surface area contributed by atoms with Gasteiger partial charge in [-0.05, 0) is 66.0 Å². The van der Waals surface area contributed by atoms with Gasteiger partial charge in [0, 0.05) is 55.4 Å². The van der Waals surface area contributed by atoms with Crippen molar-refractivity contribution in [1.29, 1.82) is 5.26 Å². The third-order valence-corrected chi connectivity index (χ3v) is 8.37. The van der Waals surface area contributed by atoms with E-state index >= 15 is 0 Å². The van der Waals surface area contributed by atoms with E-state index in [0.29, 0.717) is 52.5 Å². The molecule has 0 radical (unpaired) electrons. The number of anilines is 1. The Labute approximate surface area is 283 Å². The van der Waals surface area contributed by atoms with Gasteiger partial charge < -0.3 is 20.1 Å². The van der Waals surface area contributed by atoms with Crippen molar-refractivity contribution in [3.8, 4) is 6.07 Å². The number of carbonyl (C=O) groups excluding carboxylic acids is 1. The molecule has 13 heteroatoms. The molecule has 0 unspecified atom stereocenters. The van der Waals surface area contributed by atoms with Crippen molar-refractivity contribution in [2.75, 3.05) is 11.9 Å². The van der Waals surface area contributed by atoms with Crippen LogP contribution < -0.4 is 10.6 Å². The molecule has 3 aromatic carbocycles. The SMILES string of the molecule is CC(C)C[C@@H](CN(Cc1cccc(Cl)c1Cl)C(=S)Nc1ccc([N+](=O)[O-])cc1)NC(=O)Cc1cncn1Cc1ccc(C#N)cc1. The fourth-order valence-electron chi connectivity index (χ4n) is 4.94. The molecule has 0 saturated heterocycles. The molecule has 1 aromatic heterocycles. The Morgan fingerprint density at radius 1 is 1.13 bits per heavy atom. The molecular formula is C33H33Cl2N7O3S. The van der Waals surface area contributed by atoms with Crippen molar-refractivity contribution in [3.63, 3.8) is 0 Å². The molecule has 1 heterocycles. The van der Waals surface area contributed by atoms with Crippen molar-refractivity contribution in [3.05, 3.63) is 122 Å². The number of nitro benzene ring substituents is 1. The van der Waals surface area contributed by atoms with Gasteiger partial charge in [-0.15, -0.1) is 0 Å². The van der Waals surface area contributed by atoms with Crippen LogP contribution in [0.15, 0.2) is 79.3 Å². The summed E-state index contributed by atoms with van der Waals surface area (Å²) < 4.78 is 1.91. The topological polar surface area (TPSA) is 129 Å². The van der Waals surface area contributed by atoms with E-state index in [1.807, 2.05) is 33.7 Å². The maximum atomic E-state index is 13.4. The van der Waals surface area contributed by atoms with Crippen molar-refractivity contribution in [1.82, 2.24) is 19.8 Å². The maximum Gasteiger partial charge on any atom is 0.269 e. The van der Waals surface area contributed by atoms with Crippen LogP contribution in [0.3, 0.4) is 0 Å². The van der Waals surface area contributed by atoms with Crippen LogP contribution in [0, 0.1) is 27.4 Å².